The standard InChI is InChI=1S/C16H20N2O3/c1-4-10(5-2)21-12-8-6-7-11-14(12)15(17)13(16(19)20)9(3)18-11/h6-8,10H,4-5H2,1-3H3,(H2,17,18)(H,19,20). The number of aryl methyl sites for hydroxylation is 1. The van der Waals surface area contributed by atoms with Crippen molar-refractivity contribution in [2.45, 2.75) is 39.7 Å². The maximum atomic E-state index is 11.4. The molecule has 0 amide bonds. The van der Waals surface area contributed by atoms with Crippen LogP contribution in [-0.2, 0) is 0 Å². The van der Waals surface area contributed by atoms with Gasteiger partial charge < -0.3 is 15.6 Å². The van der Waals surface area contributed by atoms with Crippen LogP contribution in [0.3, 0.4) is 0 Å². The van der Waals surface area contributed by atoms with E-state index in [0.717, 1.165) is 12.8 Å². The fourth-order valence-corrected chi connectivity index (χ4v) is 2.44. The van der Waals surface area contributed by atoms with Gasteiger partial charge in [0.15, 0.2) is 0 Å². The molecule has 2 aromatic rings. The number of carbonyl (C=O) groups is 1. The average molecular weight is 288 g/mol. The molecule has 0 bridgehead atoms. The van der Waals surface area contributed by atoms with Crippen molar-refractivity contribution in [2.75, 3.05) is 5.73 Å². The number of fused-ring (bicyclic) bond motifs is 1. The van der Waals surface area contributed by atoms with Gasteiger partial charge in [-0.15, -0.1) is 0 Å². The SMILES string of the molecule is CCC(CC)Oc1cccc2nc(C)c(C(=O)O)c(N)c12. The third kappa shape index (κ3) is 2.77. The van der Waals surface area contributed by atoms with Crippen LogP contribution in [0.2, 0.25) is 0 Å². The normalized spacial score (nSPS) is 11.0. The highest BCUT2D eigenvalue weighted by molar-refractivity contribution is 6.06. The van der Waals surface area contributed by atoms with E-state index in [0.29, 0.717) is 22.3 Å². The van der Waals surface area contributed by atoms with Gasteiger partial charge in [0.05, 0.1) is 28.4 Å². The quantitative estimate of drug-likeness (QED) is 0.880. The number of benzene rings is 1. The summed E-state index contributed by atoms with van der Waals surface area (Å²) in [7, 11) is 0. The first-order valence-electron chi connectivity index (χ1n) is 7.08. The monoisotopic (exact) mass is 288 g/mol. The number of nitrogens with zero attached hydrogens (tertiary/aromatic N) is 1. The molecule has 0 radical (unpaired) electrons. The molecule has 5 nitrogen and oxygen atoms in total. The molecule has 0 saturated carbocycles. The Morgan fingerprint density at radius 3 is 2.62 bits per heavy atom. The first-order valence-corrected chi connectivity index (χ1v) is 7.08. The summed E-state index contributed by atoms with van der Waals surface area (Å²) in [5.41, 5.74) is 7.40. The molecule has 0 aliphatic carbocycles. The molecule has 0 aliphatic rings. The van der Waals surface area contributed by atoms with Crippen molar-refractivity contribution in [3.63, 3.8) is 0 Å². The van der Waals surface area contributed by atoms with E-state index >= 15 is 0 Å². The van der Waals surface area contributed by atoms with Gasteiger partial charge in [-0.3, -0.25) is 4.98 Å². The minimum Gasteiger partial charge on any atom is -0.490 e. The second-order valence-corrected chi connectivity index (χ2v) is 5.00. The highest BCUT2D eigenvalue weighted by Gasteiger charge is 2.19. The number of pyridine rings is 1. The molecule has 0 spiro atoms. The van der Waals surface area contributed by atoms with E-state index in [1.807, 2.05) is 26.0 Å². The van der Waals surface area contributed by atoms with E-state index in [2.05, 4.69) is 4.98 Å². The second kappa shape index (κ2) is 5.99. The Morgan fingerprint density at radius 1 is 1.38 bits per heavy atom. The van der Waals surface area contributed by atoms with Crippen LogP contribution in [0, 0.1) is 6.92 Å². The van der Waals surface area contributed by atoms with Crippen molar-refractivity contribution >= 4 is 22.6 Å². The van der Waals surface area contributed by atoms with E-state index in [9.17, 15) is 9.90 Å². The fourth-order valence-electron chi connectivity index (χ4n) is 2.44. The molecule has 0 aliphatic heterocycles. The van der Waals surface area contributed by atoms with Crippen molar-refractivity contribution in [3.05, 3.63) is 29.5 Å². The molecule has 21 heavy (non-hydrogen) atoms. The molecule has 112 valence electrons. The zero-order valence-corrected chi connectivity index (χ0v) is 12.5. The topological polar surface area (TPSA) is 85.4 Å². The lowest BCUT2D eigenvalue weighted by Gasteiger charge is -2.18. The Hall–Kier alpha value is -2.30. The fraction of sp³-hybridized carbons (Fsp3) is 0.375. The Balaban J connectivity index is 2.67. The van der Waals surface area contributed by atoms with Gasteiger partial charge >= 0.3 is 5.97 Å². The Kier molecular flexibility index (Phi) is 4.31. The summed E-state index contributed by atoms with van der Waals surface area (Å²) < 4.78 is 5.97. The zero-order chi connectivity index (χ0) is 15.6. The summed E-state index contributed by atoms with van der Waals surface area (Å²) in [4.78, 5) is 15.7. The summed E-state index contributed by atoms with van der Waals surface area (Å²) in [5.74, 6) is -0.481. The van der Waals surface area contributed by atoms with Crippen LogP contribution in [0.5, 0.6) is 5.75 Å². The second-order valence-electron chi connectivity index (χ2n) is 5.00. The predicted molar refractivity (Wildman–Crippen MR) is 82.8 cm³/mol. The number of carboxylic acids is 1. The summed E-state index contributed by atoms with van der Waals surface area (Å²) in [5, 5.41) is 9.89. The highest BCUT2D eigenvalue weighted by atomic mass is 16.5. The smallest absolute Gasteiger partial charge is 0.339 e. The lowest BCUT2D eigenvalue weighted by Crippen LogP contribution is -2.15. The number of nitrogens with two attached hydrogens (primary N) is 1. The number of ether oxygens (including phenoxy) is 1. The van der Waals surface area contributed by atoms with Crippen molar-refractivity contribution in [3.8, 4) is 5.75 Å². The van der Waals surface area contributed by atoms with E-state index < -0.39 is 5.97 Å². The Bertz CT molecular complexity index is 679. The number of hydrogen-bond acceptors (Lipinski definition) is 4. The van der Waals surface area contributed by atoms with E-state index in [-0.39, 0.29) is 17.4 Å². The maximum Gasteiger partial charge on any atom is 0.339 e. The van der Waals surface area contributed by atoms with Crippen LogP contribution in [0.15, 0.2) is 18.2 Å². The van der Waals surface area contributed by atoms with Crippen LogP contribution in [-0.4, -0.2) is 22.2 Å². The molecular formula is C16H20N2O3. The molecule has 1 aromatic carbocycles. The molecule has 0 saturated heterocycles. The summed E-state index contributed by atoms with van der Waals surface area (Å²) >= 11 is 0. The average Bonchev–Trinajstić information content (AvgIpc) is 2.43. The number of nitrogen functional groups attached to an aromatic ring is 1. The number of aromatic carboxylic acids is 1. The van der Waals surface area contributed by atoms with Crippen molar-refractivity contribution in [2.24, 2.45) is 0 Å². The lowest BCUT2D eigenvalue weighted by molar-refractivity contribution is 0.0697. The molecule has 2 rings (SSSR count). The van der Waals surface area contributed by atoms with Crippen LogP contribution < -0.4 is 10.5 Å². The van der Waals surface area contributed by atoms with Crippen molar-refractivity contribution < 1.29 is 14.6 Å². The van der Waals surface area contributed by atoms with Crippen LogP contribution in [0.1, 0.15) is 42.7 Å². The molecule has 5 heteroatoms. The van der Waals surface area contributed by atoms with E-state index in [1.54, 1.807) is 13.0 Å². The molecule has 1 aromatic heterocycles. The van der Waals surface area contributed by atoms with E-state index in [4.69, 9.17) is 10.5 Å². The van der Waals surface area contributed by atoms with Gasteiger partial charge in [0.25, 0.3) is 0 Å². The van der Waals surface area contributed by atoms with Crippen molar-refractivity contribution in [1.82, 2.24) is 4.98 Å². The van der Waals surface area contributed by atoms with Crippen LogP contribution in [0.25, 0.3) is 10.9 Å². The number of hydrogen-bond donors (Lipinski definition) is 2. The molecule has 0 fully saturated rings. The summed E-state index contributed by atoms with van der Waals surface area (Å²) in [6, 6.07) is 5.45. The minimum atomic E-state index is -1.07. The third-order valence-corrected chi connectivity index (χ3v) is 3.61. The Morgan fingerprint density at radius 2 is 2.05 bits per heavy atom. The zero-order valence-electron chi connectivity index (χ0n) is 12.5. The molecule has 0 unspecified atom stereocenters. The highest BCUT2D eigenvalue weighted by Crippen LogP contribution is 2.34. The number of anilines is 1. The van der Waals surface area contributed by atoms with Gasteiger partial charge in [0.2, 0.25) is 0 Å². The number of aromatic nitrogens is 1. The van der Waals surface area contributed by atoms with Gasteiger partial charge in [0.1, 0.15) is 11.3 Å². The van der Waals surface area contributed by atoms with Gasteiger partial charge in [0, 0.05) is 0 Å². The molecule has 0 atom stereocenters. The first kappa shape index (κ1) is 15.1. The molecular weight excluding hydrogens is 268 g/mol. The predicted octanol–water partition coefficient (Wildman–Crippen LogP) is 3.39. The van der Waals surface area contributed by atoms with Crippen LogP contribution >= 0.6 is 0 Å². The summed E-state index contributed by atoms with van der Waals surface area (Å²) in [6.45, 7) is 5.75. The van der Waals surface area contributed by atoms with E-state index in [1.165, 1.54) is 0 Å². The molecule has 1 heterocycles. The van der Waals surface area contributed by atoms with Crippen molar-refractivity contribution in [1.29, 1.82) is 0 Å². The summed E-state index contributed by atoms with van der Waals surface area (Å²) in [6.07, 6.45) is 1.82. The lowest BCUT2D eigenvalue weighted by atomic mass is 10.1. The first-order chi connectivity index (χ1) is 9.99. The number of rotatable bonds is 5. The Labute approximate surface area is 123 Å². The van der Waals surface area contributed by atoms with Gasteiger partial charge in [-0.05, 0) is 31.9 Å². The van der Waals surface area contributed by atoms with Gasteiger partial charge in [-0.2, -0.15) is 0 Å². The number of carboxylic acid groups (broad SMARTS) is 1. The third-order valence-electron chi connectivity index (χ3n) is 3.61. The minimum absolute atomic E-state index is 0.0445. The van der Waals surface area contributed by atoms with Crippen LogP contribution in [0.4, 0.5) is 5.69 Å². The van der Waals surface area contributed by atoms with Gasteiger partial charge in [-0.25, -0.2) is 4.79 Å². The largest absolute Gasteiger partial charge is 0.490 e. The molecule has 3 N–H and O–H groups in total. The maximum absolute atomic E-state index is 11.4. The van der Waals surface area contributed by atoms with Gasteiger partial charge in [-0.1, -0.05) is 19.9 Å².